The fourth-order valence-electron chi connectivity index (χ4n) is 7.32. The molecular formula is C22H36O8. The van der Waals surface area contributed by atoms with E-state index in [4.69, 9.17) is 18.9 Å². The normalized spacial score (nSPS) is 55.4. The predicted octanol–water partition coefficient (Wildman–Crippen LogP) is 1.34. The van der Waals surface area contributed by atoms with Gasteiger partial charge in [-0.3, -0.25) is 4.79 Å². The second-order valence-corrected chi connectivity index (χ2v) is 10.4. The number of carbonyl (C=O) groups is 1. The van der Waals surface area contributed by atoms with Crippen molar-refractivity contribution in [3.63, 3.8) is 0 Å². The topological polar surface area (TPSA) is 115 Å². The van der Waals surface area contributed by atoms with Crippen LogP contribution in [0.5, 0.6) is 0 Å². The third kappa shape index (κ3) is 2.70. The first-order chi connectivity index (χ1) is 14.0. The zero-order chi connectivity index (χ0) is 22.1. The van der Waals surface area contributed by atoms with Gasteiger partial charge in [0, 0.05) is 25.6 Å². The summed E-state index contributed by atoms with van der Waals surface area (Å²) in [5.41, 5.74) is -3.98. The van der Waals surface area contributed by atoms with Gasteiger partial charge in [-0.1, -0.05) is 20.3 Å². The number of methoxy groups -OCH3 is 2. The highest BCUT2D eigenvalue weighted by molar-refractivity contribution is 5.80. The minimum absolute atomic E-state index is 0.0724. The summed E-state index contributed by atoms with van der Waals surface area (Å²) in [7, 11) is 2.79. The van der Waals surface area contributed by atoms with Crippen molar-refractivity contribution in [2.75, 3.05) is 14.2 Å². The van der Waals surface area contributed by atoms with Crippen LogP contribution in [0.25, 0.3) is 0 Å². The second-order valence-electron chi connectivity index (χ2n) is 10.4. The molecular weight excluding hydrogens is 392 g/mol. The van der Waals surface area contributed by atoms with E-state index in [9.17, 15) is 20.1 Å². The lowest BCUT2D eigenvalue weighted by Crippen LogP contribution is -2.65. The van der Waals surface area contributed by atoms with E-state index in [1.807, 2.05) is 13.8 Å². The minimum Gasteiger partial charge on any atom is -0.462 e. The molecule has 0 aromatic carbocycles. The lowest BCUT2D eigenvalue weighted by molar-refractivity contribution is -0.238. The van der Waals surface area contributed by atoms with Gasteiger partial charge < -0.3 is 34.3 Å². The van der Waals surface area contributed by atoms with E-state index in [-0.39, 0.29) is 36.8 Å². The van der Waals surface area contributed by atoms with Crippen LogP contribution < -0.4 is 0 Å². The zero-order valence-electron chi connectivity index (χ0n) is 18.6. The van der Waals surface area contributed by atoms with Crippen LogP contribution in [0.1, 0.15) is 59.3 Å². The molecule has 0 unspecified atom stereocenters. The lowest BCUT2D eigenvalue weighted by Gasteiger charge is -2.61. The first-order valence-corrected chi connectivity index (χ1v) is 11.0. The molecule has 2 aliphatic carbocycles. The number of hydrogen-bond donors (Lipinski definition) is 3. The summed E-state index contributed by atoms with van der Waals surface area (Å²) >= 11 is 0. The van der Waals surface area contributed by atoms with E-state index in [1.165, 1.54) is 14.2 Å². The molecule has 0 aromatic heterocycles. The highest BCUT2D eigenvalue weighted by Crippen LogP contribution is 2.67. The predicted molar refractivity (Wildman–Crippen MR) is 105 cm³/mol. The average Bonchev–Trinajstić information content (AvgIpc) is 3.10. The van der Waals surface area contributed by atoms with E-state index >= 15 is 0 Å². The summed E-state index contributed by atoms with van der Waals surface area (Å²) in [6.45, 7) is 6.02. The minimum atomic E-state index is -1.71. The first kappa shape index (κ1) is 22.4. The Morgan fingerprint density at radius 1 is 1.13 bits per heavy atom. The first-order valence-electron chi connectivity index (χ1n) is 11.0. The van der Waals surface area contributed by atoms with E-state index in [1.54, 1.807) is 0 Å². The molecule has 2 saturated carbocycles. The Labute approximate surface area is 177 Å². The fourth-order valence-corrected chi connectivity index (χ4v) is 7.32. The molecule has 8 nitrogen and oxygen atoms in total. The Morgan fingerprint density at radius 2 is 1.83 bits per heavy atom. The van der Waals surface area contributed by atoms with Gasteiger partial charge in [0.1, 0.15) is 17.8 Å². The summed E-state index contributed by atoms with van der Waals surface area (Å²) in [5.74, 6) is -0.364. The van der Waals surface area contributed by atoms with Crippen molar-refractivity contribution in [3.05, 3.63) is 0 Å². The SMILES string of the molecule is CO[C@@H]1O[C@H](OC)[C@](O)(CC[C@@]2(O)[C@H](C)C[C@H]3OC(=O)[C@@]4(C)CCC[C@]2(C)[C@@H]34)[C@@H]1O. The number of aliphatic hydroxyl groups excluding tert-OH is 1. The van der Waals surface area contributed by atoms with Gasteiger partial charge in [0.05, 0.1) is 11.0 Å². The van der Waals surface area contributed by atoms with Gasteiger partial charge in [-0.25, -0.2) is 0 Å². The van der Waals surface area contributed by atoms with Crippen LogP contribution in [0.3, 0.4) is 0 Å². The summed E-state index contributed by atoms with van der Waals surface area (Å²) in [4.78, 5) is 12.7. The molecule has 2 aliphatic heterocycles. The lowest BCUT2D eigenvalue weighted by atomic mass is 9.44. The maximum absolute atomic E-state index is 12.7. The largest absolute Gasteiger partial charge is 0.462 e. The van der Waals surface area contributed by atoms with Crippen molar-refractivity contribution < 1.29 is 39.1 Å². The van der Waals surface area contributed by atoms with Crippen molar-refractivity contribution in [2.24, 2.45) is 22.7 Å². The van der Waals surface area contributed by atoms with E-state index in [0.29, 0.717) is 6.42 Å². The van der Waals surface area contributed by atoms with Crippen molar-refractivity contribution in [1.29, 1.82) is 0 Å². The van der Waals surface area contributed by atoms with Crippen LogP contribution in [-0.4, -0.2) is 71.5 Å². The third-order valence-electron chi connectivity index (χ3n) is 9.04. The number of rotatable bonds is 5. The summed E-state index contributed by atoms with van der Waals surface area (Å²) < 4.78 is 21.7. The van der Waals surface area contributed by atoms with Gasteiger partial charge in [-0.15, -0.1) is 0 Å². The van der Waals surface area contributed by atoms with Gasteiger partial charge in [0.15, 0.2) is 12.6 Å². The van der Waals surface area contributed by atoms with Crippen LogP contribution in [0.4, 0.5) is 0 Å². The highest BCUT2D eigenvalue weighted by atomic mass is 16.8. The average molecular weight is 429 g/mol. The number of ether oxygens (including phenoxy) is 4. The number of hydrogen-bond acceptors (Lipinski definition) is 8. The highest BCUT2D eigenvalue weighted by Gasteiger charge is 2.71. The van der Waals surface area contributed by atoms with Crippen molar-refractivity contribution in [3.8, 4) is 0 Å². The Morgan fingerprint density at radius 3 is 2.47 bits per heavy atom. The standard InChI is InChI=1S/C22H36O8/c1-12-11-13-14-19(2,17(24)29-13)7-6-8-20(14,3)22(12,26)10-9-21(25)15(23)16(27-4)30-18(21)28-5/h12-16,18,23,25-26H,6-11H2,1-5H3/t12-,13-,14+,15-,16-,18+,19+,20-,21+,22-/m1/s1. The maximum Gasteiger partial charge on any atom is 0.312 e. The summed E-state index contributed by atoms with van der Waals surface area (Å²) in [6, 6.07) is 0. The van der Waals surface area contributed by atoms with Crippen molar-refractivity contribution in [2.45, 2.75) is 95.3 Å². The van der Waals surface area contributed by atoms with E-state index in [0.717, 1.165) is 19.3 Å². The van der Waals surface area contributed by atoms with Gasteiger partial charge in [-0.2, -0.15) is 0 Å². The molecule has 4 rings (SSSR count). The third-order valence-corrected chi connectivity index (χ3v) is 9.04. The van der Waals surface area contributed by atoms with Gasteiger partial charge >= 0.3 is 5.97 Å². The molecule has 4 aliphatic rings. The number of esters is 1. The molecule has 30 heavy (non-hydrogen) atoms. The number of carbonyl (C=O) groups excluding carboxylic acids is 1. The molecule has 0 amide bonds. The Kier molecular flexibility index (Phi) is 5.32. The molecule has 0 radical (unpaired) electrons. The maximum atomic E-state index is 12.7. The molecule has 2 heterocycles. The van der Waals surface area contributed by atoms with Crippen molar-refractivity contribution >= 4 is 5.97 Å². The zero-order valence-corrected chi connectivity index (χ0v) is 18.6. The Balaban J connectivity index is 1.64. The van der Waals surface area contributed by atoms with E-state index < -0.39 is 40.7 Å². The molecule has 0 aromatic rings. The molecule has 2 saturated heterocycles. The van der Waals surface area contributed by atoms with Crippen LogP contribution in [0, 0.1) is 22.7 Å². The fraction of sp³-hybridized carbons (Fsp3) is 0.955. The molecule has 4 fully saturated rings. The monoisotopic (exact) mass is 428 g/mol. The Bertz CT molecular complexity index is 697. The van der Waals surface area contributed by atoms with Crippen LogP contribution >= 0.6 is 0 Å². The van der Waals surface area contributed by atoms with Gasteiger partial charge in [0.2, 0.25) is 0 Å². The summed E-state index contributed by atoms with van der Waals surface area (Å²) in [5, 5.41) is 34.0. The van der Waals surface area contributed by atoms with E-state index in [2.05, 4.69) is 6.92 Å². The molecule has 3 N–H and O–H groups in total. The second kappa shape index (κ2) is 7.12. The number of aliphatic hydroxyl groups is 3. The van der Waals surface area contributed by atoms with Crippen LogP contribution in [0.15, 0.2) is 0 Å². The van der Waals surface area contributed by atoms with Gasteiger partial charge in [0.25, 0.3) is 0 Å². The molecule has 10 atom stereocenters. The van der Waals surface area contributed by atoms with Crippen LogP contribution in [-0.2, 0) is 23.7 Å². The van der Waals surface area contributed by atoms with Crippen LogP contribution in [0.2, 0.25) is 0 Å². The molecule has 0 spiro atoms. The quantitative estimate of drug-likeness (QED) is 0.562. The Hall–Kier alpha value is -0.770. The smallest absolute Gasteiger partial charge is 0.312 e. The molecule has 8 heteroatoms. The van der Waals surface area contributed by atoms with Gasteiger partial charge in [-0.05, 0) is 44.9 Å². The molecule has 172 valence electrons. The van der Waals surface area contributed by atoms with Crippen molar-refractivity contribution in [1.82, 2.24) is 0 Å². The summed E-state index contributed by atoms with van der Waals surface area (Å²) in [6.07, 6.45) is -0.257. The molecule has 0 bridgehead atoms.